The molecule has 1 aromatic carbocycles. The van der Waals surface area contributed by atoms with Crippen LogP contribution in [0.25, 0.3) is 0 Å². The Morgan fingerprint density at radius 2 is 1.77 bits per heavy atom. The molecule has 0 saturated carbocycles. The summed E-state index contributed by atoms with van der Waals surface area (Å²) in [6.07, 6.45) is 6.78. The monoisotopic (exact) mass is 423 g/mol. The van der Waals surface area contributed by atoms with E-state index in [1.54, 1.807) is 33.9 Å². The van der Waals surface area contributed by atoms with Crippen LogP contribution in [0.4, 0.5) is 11.4 Å². The van der Waals surface area contributed by atoms with Crippen LogP contribution in [0, 0.1) is 0 Å². The molecular weight excluding hydrogens is 398 g/mol. The first-order valence-electron chi connectivity index (χ1n) is 10.2. The van der Waals surface area contributed by atoms with Gasteiger partial charge in [-0.1, -0.05) is 18.2 Å². The minimum absolute atomic E-state index is 0.479. The molecule has 1 saturated heterocycles. The Bertz CT molecular complexity index is 1010. The van der Waals surface area contributed by atoms with Gasteiger partial charge >= 0.3 is 11.8 Å². The highest BCUT2D eigenvalue weighted by molar-refractivity contribution is 6.43. The molecule has 2 aromatic heterocycles. The normalized spacial score (nSPS) is 14.3. The summed E-state index contributed by atoms with van der Waals surface area (Å²) in [5.41, 5.74) is 1.90. The van der Waals surface area contributed by atoms with E-state index in [0.29, 0.717) is 24.5 Å². The van der Waals surface area contributed by atoms with Crippen molar-refractivity contribution in [2.24, 2.45) is 0 Å². The number of hydrogen-bond donors (Lipinski definition) is 2. The highest BCUT2D eigenvalue weighted by Gasteiger charge is 2.17. The third-order valence-corrected chi connectivity index (χ3v) is 5.00. The first-order valence-corrected chi connectivity index (χ1v) is 10.2. The standard InChI is InChI=1S/C21H25N7O3/c29-20(24-18-14-23-28(16-18)9-8-26-10-12-31-13-11-26)21(30)25-19-5-2-1-4-17(19)15-27-7-3-6-22-27/h1-7,14,16H,8-13,15H2,(H,24,29)(H,25,30). The average Bonchev–Trinajstić information content (AvgIpc) is 3.46. The Morgan fingerprint density at radius 1 is 0.968 bits per heavy atom. The molecule has 3 aromatic rings. The molecule has 0 aliphatic carbocycles. The number of morpholine rings is 1. The molecule has 31 heavy (non-hydrogen) atoms. The van der Waals surface area contributed by atoms with E-state index >= 15 is 0 Å². The van der Waals surface area contributed by atoms with E-state index in [0.717, 1.165) is 38.4 Å². The van der Waals surface area contributed by atoms with Crippen molar-refractivity contribution < 1.29 is 14.3 Å². The summed E-state index contributed by atoms with van der Waals surface area (Å²) in [4.78, 5) is 27.1. The summed E-state index contributed by atoms with van der Waals surface area (Å²) in [7, 11) is 0. The third-order valence-electron chi connectivity index (χ3n) is 5.00. The quantitative estimate of drug-likeness (QED) is 0.550. The van der Waals surface area contributed by atoms with Gasteiger partial charge in [-0.2, -0.15) is 10.2 Å². The van der Waals surface area contributed by atoms with Crippen LogP contribution in [0.1, 0.15) is 5.56 Å². The lowest BCUT2D eigenvalue weighted by Crippen LogP contribution is -2.38. The Kier molecular flexibility index (Phi) is 6.70. The number of nitrogens with one attached hydrogen (secondary N) is 2. The van der Waals surface area contributed by atoms with E-state index in [-0.39, 0.29) is 0 Å². The predicted octanol–water partition coefficient (Wildman–Crippen LogP) is 1.04. The topological polar surface area (TPSA) is 106 Å². The summed E-state index contributed by atoms with van der Waals surface area (Å²) in [6, 6.07) is 9.15. The second-order valence-electron chi connectivity index (χ2n) is 7.22. The number of aromatic nitrogens is 4. The van der Waals surface area contributed by atoms with E-state index in [1.807, 2.05) is 24.4 Å². The van der Waals surface area contributed by atoms with Gasteiger partial charge in [0, 0.05) is 43.9 Å². The number of hydrogen-bond acceptors (Lipinski definition) is 6. The molecule has 1 fully saturated rings. The molecule has 0 atom stereocenters. The number of ether oxygens (including phenoxy) is 1. The van der Waals surface area contributed by atoms with Crippen molar-refractivity contribution in [2.45, 2.75) is 13.1 Å². The molecule has 3 heterocycles. The maximum absolute atomic E-state index is 12.4. The molecule has 0 bridgehead atoms. The molecule has 0 unspecified atom stereocenters. The highest BCUT2D eigenvalue weighted by Crippen LogP contribution is 2.16. The first-order chi connectivity index (χ1) is 15.2. The maximum Gasteiger partial charge on any atom is 0.314 e. The van der Waals surface area contributed by atoms with Gasteiger partial charge in [-0.05, 0) is 17.7 Å². The van der Waals surface area contributed by atoms with Gasteiger partial charge in [0.2, 0.25) is 0 Å². The van der Waals surface area contributed by atoms with Gasteiger partial charge in [0.25, 0.3) is 0 Å². The lowest BCUT2D eigenvalue weighted by atomic mass is 10.1. The molecule has 0 radical (unpaired) electrons. The van der Waals surface area contributed by atoms with E-state index < -0.39 is 11.8 Å². The summed E-state index contributed by atoms with van der Waals surface area (Å²) < 4.78 is 8.84. The van der Waals surface area contributed by atoms with E-state index in [1.165, 1.54) is 6.20 Å². The molecule has 1 aliphatic rings. The second-order valence-corrected chi connectivity index (χ2v) is 7.22. The Labute approximate surface area is 179 Å². The highest BCUT2D eigenvalue weighted by atomic mass is 16.5. The molecule has 2 N–H and O–H groups in total. The first kappa shape index (κ1) is 20.8. The summed E-state index contributed by atoms with van der Waals surface area (Å²) in [5.74, 6) is -1.49. The number of rotatable bonds is 7. The van der Waals surface area contributed by atoms with Crippen molar-refractivity contribution in [1.82, 2.24) is 24.5 Å². The molecular formula is C21H25N7O3. The molecule has 10 nitrogen and oxygen atoms in total. The van der Waals surface area contributed by atoms with Crippen LogP contribution in [-0.4, -0.2) is 69.1 Å². The Hall–Kier alpha value is -3.50. The second kappa shape index (κ2) is 10.0. The fourth-order valence-corrected chi connectivity index (χ4v) is 3.33. The van der Waals surface area contributed by atoms with E-state index in [4.69, 9.17) is 4.74 Å². The van der Waals surface area contributed by atoms with Gasteiger partial charge in [-0.15, -0.1) is 0 Å². The van der Waals surface area contributed by atoms with Crippen LogP contribution in [0.5, 0.6) is 0 Å². The lowest BCUT2D eigenvalue weighted by molar-refractivity contribution is -0.133. The van der Waals surface area contributed by atoms with Crippen LogP contribution in [0.2, 0.25) is 0 Å². The minimum Gasteiger partial charge on any atom is -0.379 e. The number of carbonyl (C=O) groups excluding carboxylic acids is 2. The van der Waals surface area contributed by atoms with Crippen LogP contribution >= 0.6 is 0 Å². The molecule has 1 aliphatic heterocycles. The third kappa shape index (κ3) is 5.77. The molecule has 0 spiro atoms. The molecule has 2 amide bonds. The minimum atomic E-state index is -0.748. The lowest BCUT2D eigenvalue weighted by Gasteiger charge is -2.26. The van der Waals surface area contributed by atoms with Gasteiger partial charge in [0.1, 0.15) is 0 Å². The van der Waals surface area contributed by atoms with Crippen LogP contribution in [0.3, 0.4) is 0 Å². The van der Waals surface area contributed by atoms with E-state index in [9.17, 15) is 9.59 Å². The van der Waals surface area contributed by atoms with Crippen molar-refractivity contribution >= 4 is 23.2 Å². The maximum atomic E-state index is 12.4. The fraction of sp³-hybridized carbons (Fsp3) is 0.333. The number of carbonyl (C=O) groups is 2. The summed E-state index contributed by atoms with van der Waals surface area (Å²) in [5, 5.41) is 13.7. The van der Waals surface area contributed by atoms with Crippen molar-refractivity contribution in [3.8, 4) is 0 Å². The van der Waals surface area contributed by atoms with Crippen LogP contribution in [0.15, 0.2) is 55.1 Å². The number of anilines is 2. The molecule has 4 rings (SSSR count). The van der Waals surface area contributed by atoms with Gasteiger partial charge in [0.05, 0.1) is 38.2 Å². The van der Waals surface area contributed by atoms with Crippen LogP contribution in [-0.2, 0) is 27.4 Å². The van der Waals surface area contributed by atoms with Crippen molar-refractivity contribution in [1.29, 1.82) is 0 Å². The number of benzene rings is 1. The number of nitrogens with zero attached hydrogens (tertiary/aromatic N) is 5. The SMILES string of the molecule is O=C(Nc1cnn(CCN2CCOCC2)c1)C(=O)Nc1ccccc1Cn1cccn1. The Balaban J connectivity index is 1.30. The van der Waals surface area contributed by atoms with Gasteiger partial charge in [-0.3, -0.25) is 23.9 Å². The predicted molar refractivity (Wildman–Crippen MR) is 115 cm³/mol. The number of para-hydroxylation sites is 1. The zero-order chi connectivity index (χ0) is 21.5. The smallest absolute Gasteiger partial charge is 0.314 e. The zero-order valence-corrected chi connectivity index (χ0v) is 17.1. The molecule has 162 valence electrons. The fourth-order valence-electron chi connectivity index (χ4n) is 3.33. The van der Waals surface area contributed by atoms with Crippen molar-refractivity contribution in [2.75, 3.05) is 43.5 Å². The van der Waals surface area contributed by atoms with Crippen molar-refractivity contribution in [3.05, 3.63) is 60.7 Å². The van der Waals surface area contributed by atoms with Gasteiger partial charge < -0.3 is 15.4 Å². The van der Waals surface area contributed by atoms with Crippen LogP contribution < -0.4 is 10.6 Å². The summed E-state index contributed by atoms with van der Waals surface area (Å²) in [6.45, 7) is 5.36. The Morgan fingerprint density at radius 3 is 2.58 bits per heavy atom. The van der Waals surface area contributed by atoms with E-state index in [2.05, 4.69) is 25.7 Å². The van der Waals surface area contributed by atoms with Crippen molar-refractivity contribution in [3.63, 3.8) is 0 Å². The van der Waals surface area contributed by atoms with Gasteiger partial charge in [0.15, 0.2) is 0 Å². The number of amides is 2. The largest absolute Gasteiger partial charge is 0.379 e. The van der Waals surface area contributed by atoms with Gasteiger partial charge in [-0.25, -0.2) is 0 Å². The molecule has 10 heteroatoms. The summed E-state index contributed by atoms with van der Waals surface area (Å²) >= 11 is 0. The average molecular weight is 423 g/mol. The zero-order valence-electron chi connectivity index (χ0n) is 17.1.